The van der Waals surface area contributed by atoms with Gasteiger partial charge in [0.05, 0.1) is 6.61 Å². The fourth-order valence-electron chi connectivity index (χ4n) is 2.62. The van der Waals surface area contributed by atoms with Gasteiger partial charge in [-0.05, 0) is 36.5 Å². The van der Waals surface area contributed by atoms with Crippen molar-refractivity contribution in [3.63, 3.8) is 0 Å². The fourth-order valence-corrected chi connectivity index (χ4v) is 2.62. The number of hydrogen-bond donors (Lipinski definition) is 0. The third-order valence-electron chi connectivity index (χ3n) is 3.61. The Hall–Kier alpha value is -0.0800. The fraction of sp³-hybridized carbons (Fsp3) is 1.00. The molecule has 0 aliphatic heterocycles. The minimum atomic E-state index is 0.281. The first-order chi connectivity index (χ1) is 8.53. The number of rotatable bonds is 7. The lowest BCUT2D eigenvalue weighted by molar-refractivity contribution is -0.00436. The van der Waals surface area contributed by atoms with Crippen LogP contribution in [0.2, 0.25) is 0 Å². The van der Waals surface area contributed by atoms with E-state index in [0.29, 0.717) is 0 Å². The molecular formula is C16H32O2. The van der Waals surface area contributed by atoms with Gasteiger partial charge < -0.3 is 9.47 Å². The highest BCUT2D eigenvalue weighted by atomic mass is 16.5. The molecule has 0 aromatic heterocycles. The van der Waals surface area contributed by atoms with Crippen molar-refractivity contribution in [1.82, 2.24) is 0 Å². The first-order valence-corrected chi connectivity index (χ1v) is 7.68. The zero-order valence-corrected chi connectivity index (χ0v) is 12.8. The summed E-state index contributed by atoms with van der Waals surface area (Å²) >= 11 is 0. The maximum Gasteiger partial charge on any atom is 0.0514 e. The van der Waals surface area contributed by atoms with Crippen LogP contribution in [0.3, 0.4) is 0 Å². The van der Waals surface area contributed by atoms with Gasteiger partial charge in [0.15, 0.2) is 0 Å². The second-order valence-corrected chi connectivity index (χ2v) is 6.96. The Morgan fingerprint density at radius 2 is 1.50 bits per heavy atom. The molecule has 0 aromatic rings. The Kier molecular flexibility index (Phi) is 7.25. The molecule has 108 valence electrons. The third kappa shape index (κ3) is 6.75. The molecule has 0 saturated heterocycles. The summed E-state index contributed by atoms with van der Waals surface area (Å²) in [6.07, 6.45) is 6.51. The van der Waals surface area contributed by atoms with E-state index in [0.717, 1.165) is 44.7 Å². The summed E-state index contributed by atoms with van der Waals surface area (Å²) in [6.45, 7) is 12.5. The number of hydrogen-bond acceptors (Lipinski definition) is 2. The first-order valence-electron chi connectivity index (χ1n) is 7.68. The highest BCUT2D eigenvalue weighted by molar-refractivity contribution is 4.75. The van der Waals surface area contributed by atoms with Crippen molar-refractivity contribution in [3.8, 4) is 0 Å². The van der Waals surface area contributed by atoms with Crippen LogP contribution < -0.4 is 0 Å². The van der Waals surface area contributed by atoms with E-state index in [4.69, 9.17) is 9.47 Å². The van der Waals surface area contributed by atoms with E-state index in [1.807, 2.05) is 0 Å². The van der Waals surface area contributed by atoms with Gasteiger partial charge in [0.25, 0.3) is 0 Å². The molecule has 1 rings (SSSR count). The van der Waals surface area contributed by atoms with E-state index in [2.05, 4.69) is 27.7 Å². The summed E-state index contributed by atoms with van der Waals surface area (Å²) < 4.78 is 11.7. The van der Waals surface area contributed by atoms with E-state index in [1.54, 1.807) is 0 Å². The average Bonchev–Trinajstić information content (AvgIpc) is 2.30. The van der Waals surface area contributed by atoms with Crippen LogP contribution in [0.5, 0.6) is 0 Å². The Balaban J connectivity index is 2.26. The smallest absolute Gasteiger partial charge is 0.0514 e. The Morgan fingerprint density at radius 1 is 0.944 bits per heavy atom. The van der Waals surface area contributed by atoms with Crippen LogP contribution >= 0.6 is 0 Å². The van der Waals surface area contributed by atoms with E-state index in [9.17, 15) is 0 Å². The van der Waals surface area contributed by atoms with Crippen LogP contribution in [0.4, 0.5) is 0 Å². The summed E-state index contributed by atoms with van der Waals surface area (Å²) in [5.41, 5.74) is 0.281. The molecule has 1 fully saturated rings. The normalized spacial score (nSPS) is 25.3. The minimum Gasteiger partial charge on any atom is -0.381 e. The van der Waals surface area contributed by atoms with E-state index in [1.165, 1.54) is 25.7 Å². The van der Waals surface area contributed by atoms with Gasteiger partial charge in [-0.3, -0.25) is 0 Å². The lowest BCUT2D eigenvalue weighted by Crippen LogP contribution is -2.29. The standard InChI is InChI=1S/C16H32O2/c1-5-10-17-11-14-8-6-7-9-15(14)12-18-13-16(2,3)4/h14-15H,5-13H2,1-4H3. The maximum absolute atomic E-state index is 5.92. The van der Waals surface area contributed by atoms with Gasteiger partial charge in [0.2, 0.25) is 0 Å². The molecule has 2 atom stereocenters. The SMILES string of the molecule is CCCOCC1CCCCC1COCC(C)(C)C. The van der Waals surface area contributed by atoms with Gasteiger partial charge in [-0.25, -0.2) is 0 Å². The summed E-state index contributed by atoms with van der Waals surface area (Å²) in [5.74, 6) is 1.45. The molecule has 1 aliphatic carbocycles. The van der Waals surface area contributed by atoms with Crippen molar-refractivity contribution in [2.75, 3.05) is 26.4 Å². The van der Waals surface area contributed by atoms with Crippen LogP contribution in [0.15, 0.2) is 0 Å². The predicted octanol–water partition coefficient (Wildman–Crippen LogP) is 4.28. The quantitative estimate of drug-likeness (QED) is 0.633. The molecule has 0 bridgehead atoms. The zero-order chi connectivity index (χ0) is 13.4. The van der Waals surface area contributed by atoms with Crippen molar-refractivity contribution in [1.29, 1.82) is 0 Å². The predicted molar refractivity (Wildman–Crippen MR) is 76.8 cm³/mol. The molecule has 0 spiro atoms. The molecule has 0 aromatic carbocycles. The summed E-state index contributed by atoms with van der Waals surface area (Å²) in [7, 11) is 0. The molecule has 0 N–H and O–H groups in total. The van der Waals surface area contributed by atoms with Crippen LogP contribution in [0.1, 0.15) is 59.8 Å². The van der Waals surface area contributed by atoms with E-state index in [-0.39, 0.29) is 5.41 Å². The van der Waals surface area contributed by atoms with E-state index < -0.39 is 0 Å². The highest BCUT2D eigenvalue weighted by Gasteiger charge is 2.25. The summed E-state index contributed by atoms with van der Waals surface area (Å²) in [6, 6.07) is 0. The molecule has 2 nitrogen and oxygen atoms in total. The molecular weight excluding hydrogens is 224 g/mol. The second kappa shape index (κ2) is 8.16. The summed E-state index contributed by atoms with van der Waals surface area (Å²) in [5, 5.41) is 0. The Labute approximate surface area is 113 Å². The molecule has 2 heteroatoms. The molecule has 0 amide bonds. The largest absolute Gasteiger partial charge is 0.381 e. The molecule has 1 saturated carbocycles. The molecule has 18 heavy (non-hydrogen) atoms. The van der Waals surface area contributed by atoms with E-state index >= 15 is 0 Å². The van der Waals surface area contributed by atoms with Crippen molar-refractivity contribution in [2.45, 2.75) is 59.8 Å². The minimum absolute atomic E-state index is 0.281. The molecule has 1 aliphatic rings. The monoisotopic (exact) mass is 256 g/mol. The maximum atomic E-state index is 5.92. The van der Waals surface area contributed by atoms with Crippen LogP contribution in [-0.2, 0) is 9.47 Å². The topological polar surface area (TPSA) is 18.5 Å². The van der Waals surface area contributed by atoms with Crippen LogP contribution in [0.25, 0.3) is 0 Å². The zero-order valence-electron chi connectivity index (χ0n) is 12.8. The molecule has 2 unspecified atom stereocenters. The highest BCUT2D eigenvalue weighted by Crippen LogP contribution is 2.31. The van der Waals surface area contributed by atoms with Crippen molar-refractivity contribution < 1.29 is 9.47 Å². The second-order valence-electron chi connectivity index (χ2n) is 6.96. The Morgan fingerprint density at radius 3 is 2.00 bits per heavy atom. The molecule has 0 heterocycles. The number of ether oxygens (including phenoxy) is 2. The third-order valence-corrected chi connectivity index (χ3v) is 3.61. The first kappa shape index (κ1) is 16.0. The van der Waals surface area contributed by atoms with Gasteiger partial charge in [-0.15, -0.1) is 0 Å². The van der Waals surface area contributed by atoms with Gasteiger partial charge in [0.1, 0.15) is 0 Å². The lowest BCUT2D eigenvalue weighted by atomic mass is 9.80. The summed E-state index contributed by atoms with van der Waals surface area (Å²) in [4.78, 5) is 0. The van der Waals surface area contributed by atoms with Gasteiger partial charge in [-0.1, -0.05) is 40.5 Å². The van der Waals surface area contributed by atoms with Gasteiger partial charge in [-0.2, -0.15) is 0 Å². The Bertz CT molecular complexity index is 208. The van der Waals surface area contributed by atoms with Crippen molar-refractivity contribution in [2.24, 2.45) is 17.3 Å². The average molecular weight is 256 g/mol. The van der Waals surface area contributed by atoms with Crippen molar-refractivity contribution in [3.05, 3.63) is 0 Å². The van der Waals surface area contributed by atoms with Gasteiger partial charge in [0, 0.05) is 19.8 Å². The lowest BCUT2D eigenvalue weighted by Gasteiger charge is -2.32. The van der Waals surface area contributed by atoms with Crippen molar-refractivity contribution >= 4 is 0 Å². The molecule has 0 radical (unpaired) electrons. The van der Waals surface area contributed by atoms with Gasteiger partial charge >= 0.3 is 0 Å². The van der Waals surface area contributed by atoms with Crippen LogP contribution in [0, 0.1) is 17.3 Å². The van der Waals surface area contributed by atoms with Crippen LogP contribution in [-0.4, -0.2) is 26.4 Å².